The molecule has 24 heavy (non-hydrogen) atoms. The SMILES string of the molecule is CC(CN)(C1CCCC1)N(Cc1ccccc1)Cc1ccccc1. The van der Waals surface area contributed by atoms with Crippen molar-refractivity contribution in [3.8, 4) is 0 Å². The minimum absolute atomic E-state index is 0.0577. The Bertz CT molecular complexity index is 563. The predicted molar refractivity (Wildman–Crippen MR) is 102 cm³/mol. The Kier molecular flexibility index (Phi) is 5.70. The zero-order valence-corrected chi connectivity index (χ0v) is 14.8. The topological polar surface area (TPSA) is 29.3 Å². The maximum atomic E-state index is 6.35. The van der Waals surface area contributed by atoms with Crippen LogP contribution in [0.25, 0.3) is 0 Å². The number of hydrogen-bond acceptors (Lipinski definition) is 2. The van der Waals surface area contributed by atoms with E-state index in [2.05, 4.69) is 72.5 Å². The van der Waals surface area contributed by atoms with Crippen molar-refractivity contribution in [2.24, 2.45) is 11.7 Å². The van der Waals surface area contributed by atoms with Gasteiger partial charge in [0.1, 0.15) is 0 Å². The van der Waals surface area contributed by atoms with E-state index in [-0.39, 0.29) is 5.54 Å². The van der Waals surface area contributed by atoms with E-state index in [1.807, 2.05) is 0 Å². The molecule has 128 valence electrons. The molecular weight excluding hydrogens is 292 g/mol. The van der Waals surface area contributed by atoms with Gasteiger partial charge in [-0.1, -0.05) is 73.5 Å². The lowest BCUT2D eigenvalue weighted by Crippen LogP contribution is -2.55. The van der Waals surface area contributed by atoms with E-state index >= 15 is 0 Å². The van der Waals surface area contributed by atoms with E-state index < -0.39 is 0 Å². The van der Waals surface area contributed by atoms with Gasteiger partial charge in [0.15, 0.2) is 0 Å². The molecule has 1 fully saturated rings. The zero-order chi connectivity index (χ0) is 16.8. The van der Waals surface area contributed by atoms with Crippen molar-refractivity contribution in [1.82, 2.24) is 4.90 Å². The van der Waals surface area contributed by atoms with Crippen LogP contribution < -0.4 is 5.73 Å². The van der Waals surface area contributed by atoms with Gasteiger partial charge < -0.3 is 5.73 Å². The average molecular weight is 322 g/mol. The van der Waals surface area contributed by atoms with Gasteiger partial charge >= 0.3 is 0 Å². The normalized spacial score (nSPS) is 18.0. The van der Waals surface area contributed by atoms with E-state index in [1.165, 1.54) is 36.8 Å². The van der Waals surface area contributed by atoms with E-state index in [9.17, 15) is 0 Å². The van der Waals surface area contributed by atoms with Gasteiger partial charge in [0.25, 0.3) is 0 Å². The highest BCUT2D eigenvalue weighted by atomic mass is 15.2. The van der Waals surface area contributed by atoms with Crippen molar-refractivity contribution in [1.29, 1.82) is 0 Å². The highest BCUT2D eigenvalue weighted by Crippen LogP contribution is 2.38. The van der Waals surface area contributed by atoms with Crippen LogP contribution in [0.5, 0.6) is 0 Å². The molecule has 2 heteroatoms. The molecule has 1 aliphatic rings. The Labute approximate surface area is 146 Å². The number of rotatable bonds is 7. The van der Waals surface area contributed by atoms with Gasteiger partial charge in [-0.2, -0.15) is 0 Å². The first-order valence-electron chi connectivity index (χ1n) is 9.25. The predicted octanol–water partition coefficient (Wildman–Crippen LogP) is 4.60. The molecule has 1 saturated carbocycles. The monoisotopic (exact) mass is 322 g/mol. The van der Waals surface area contributed by atoms with Gasteiger partial charge in [-0.25, -0.2) is 0 Å². The summed E-state index contributed by atoms with van der Waals surface area (Å²) in [6, 6.07) is 21.6. The number of benzene rings is 2. The second-order valence-corrected chi connectivity index (χ2v) is 7.37. The zero-order valence-electron chi connectivity index (χ0n) is 14.8. The summed E-state index contributed by atoms with van der Waals surface area (Å²) in [5.74, 6) is 0.704. The summed E-state index contributed by atoms with van der Waals surface area (Å²) < 4.78 is 0. The van der Waals surface area contributed by atoms with Gasteiger partial charge in [0, 0.05) is 25.2 Å². The smallest absolute Gasteiger partial charge is 0.0338 e. The quantitative estimate of drug-likeness (QED) is 0.807. The molecular formula is C22H30N2. The van der Waals surface area contributed by atoms with Crippen molar-refractivity contribution >= 4 is 0 Å². The Morgan fingerprint density at radius 2 is 1.33 bits per heavy atom. The molecule has 1 aliphatic carbocycles. The van der Waals surface area contributed by atoms with Gasteiger partial charge in [0.05, 0.1) is 0 Å². The highest BCUT2D eigenvalue weighted by molar-refractivity contribution is 5.18. The summed E-state index contributed by atoms with van der Waals surface area (Å²) in [5.41, 5.74) is 9.14. The van der Waals surface area contributed by atoms with Crippen molar-refractivity contribution in [3.05, 3.63) is 71.8 Å². The Morgan fingerprint density at radius 1 is 0.875 bits per heavy atom. The Balaban J connectivity index is 1.87. The van der Waals surface area contributed by atoms with Gasteiger partial charge in [0.2, 0.25) is 0 Å². The number of nitrogens with zero attached hydrogens (tertiary/aromatic N) is 1. The second-order valence-electron chi connectivity index (χ2n) is 7.37. The molecule has 2 N–H and O–H groups in total. The fourth-order valence-corrected chi connectivity index (χ4v) is 4.13. The molecule has 0 heterocycles. The largest absolute Gasteiger partial charge is 0.329 e. The molecule has 0 radical (unpaired) electrons. The highest BCUT2D eigenvalue weighted by Gasteiger charge is 2.39. The third kappa shape index (κ3) is 3.88. The van der Waals surface area contributed by atoms with E-state index in [0.29, 0.717) is 5.92 Å². The average Bonchev–Trinajstić information content (AvgIpc) is 3.17. The van der Waals surface area contributed by atoms with Crippen molar-refractivity contribution < 1.29 is 0 Å². The van der Waals surface area contributed by atoms with Crippen molar-refractivity contribution in [3.63, 3.8) is 0 Å². The maximum absolute atomic E-state index is 6.35. The molecule has 1 atom stereocenters. The first-order valence-corrected chi connectivity index (χ1v) is 9.25. The molecule has 0 spiro atoms. The van der Waals surface area contributed by atoms with Gasteiger partial charge in [-0.3, -0.25) is 4.90 Å². The summed E-state index contributed by atoms with van der Waals surface area (Å²) in [7, 11) is 0. The van der Waals surface area contributed by atoms with Crippen LogP contribution in [-0.4, -0.2) is 17.0 Å². The minimum Gasteiger partial charge on any atom is -0.329 e. The van der Waals surface area contributed by atoms with Crippen LogP contribution in [0, 0.1) is 5.92 Å². The lowest BCUT2D eigenvalue weighted by atomic mass is 9.82. The van der Waals surface area contributed by atoms with Gasteiger partial charge in [-0.05, 0) is 36.8 Å². The lowest BCUT2D eigenvalue weighted by molar-refractivity contribution is 0.0400. The molecule has 3 rings (SSSR count). The molecule has 1 unspecified atom stereocenters. The Hall–Kier alpha value is -1.64. The molecule has 0 aromatic heterocycles. The van der Waals surface area contributed by atoms with Crippen LogP contribution >= 0.6 is 0 Å². The fraction of sp³-hybridized carbons (Fsp3) is 0.455. The van der Waals surface area contributed by atoms with E-state index in [1.54, 1.807) is 0 Å². The number of nitrogens with two attached hydrogens (primary N) is 1. The van der Waals surface area contributed by atoms with Crippen LogP contribution in [0.4, 0.5) is 0 Å². The van der Waals surface area contributed by atoms with Crippen molar-refractivity contribution in [2.75, 3.05) is 6.54 Å². The molecule has 0 bridgehead atoms. The third-order valence-electron chi connectivity index (χ3n) is 5.80. The summed E-state index contributed by atoms with van der Waals surface area (Å²) >= 11 is 0. The number of hydrogen-bond donors (Lipinski definition) is 1. The standard InChI is InChI=1S/C22H30N2/c1-22(18-23,21-14-8-9-15-21)24(16-19-10-4-2-5-11-19)17-20-12-6-3-7-13-20/h2-7,10-13,21H,8-9,14-18,23H2,1H3. The summed E-state index contributed by atoms with van der Waals surface area (Å²) in [6.45, 7) is 5.02. The van der Waals surface area contributed by atoms with Gasteiger partial charge in [-0.15, -0.1) is 0 Å². The molecule has 2 aromatic carbocycles. The summed E-state index contributed by atoms with van der Waals surface area (Å²) in [5, 5.41) is 0. The van der Waals surface area contributed by atoms with Crippen LogP contribution in [-0.2, 0) is 13.1 Å². The molecule has 2 nitrogen and oxygen atoms in total. The fourth-order valence-electron chi connectivity index (χ4n) is 4.13. The van der Waals surface area contributed by atoms with Crippen LogP contribution in [0.15, 0.2) is 60.7 Å². The minimum atomic E-state index is 0.0577. The van der Waals surface area contributed by atoms with Crippen molar-refractivity contribution in [2.45, 2.75) is 51.2 Å². The summed E-state index contributed by atoms with van der Waals surface area (Å²) in [4.78, 5) is 2.62. The molecule has 0 amide bonds. The van der Waals surface area contributed by atoms with E-state index in [4.69, 9.17) is 5.73 Å². The first kappa shape index (κ1) is 17.2. The van der Waals surface area contributed by atoms with Crippen LogP contribution in [0.2, 0.25) is 0 Å². The maximum Gasteiger partial charge on any atom is 0.0338 e. The lowest BCUT2D eigenvalue weighted by Gasteiger charge is -2.45. The van der Waals surface area contributed by atoms with E-state index in [0.717, 1.165) is 19.6 Å². The second kappa shape index (κ2) is 7.96. The first-order chi connectivity index (χ1) is 11.7. The van der Waals surface area contributed by atoms with Crippen LogP contribution in [0.1, 0.15) is 43.7 Å². The molecule has 2 aromatic rings. The third-order valence-corrected chi connectivity index (χ3v) is 5.80. The van der Waals surface area contributed by atoms with Crippen LogP contribution in [0.3, 0.4) is 0 Å². The summed E-state index contributed by atoms with van der Waals surface area (Å²) in [6.07, 6.45) is 5.33. The molecule has 0 saturated heterocycles. The Morgan fingerprint density at radius 3 is 1.75 bits per heavy atom. The molecule has 0 aliphatic heterocycles.